The number of nitrogens with one attached hydrogen (secondary N) is 1. The highest BCUT2D eigenvalue weighted by Gasteiger charge is 2.38. The SMILES string of the molecule is COC(=O)N(C)C1C(C)CN(c2ccncc2Nc2ncc3ccc(-c4c(F)cc(O)cc4F)nn23)CC1N. The number of phenolic OH excluding ortho intramolecular Hbond substituents is 1. The zero-order valence-electron chi connectivity index (χ0n) is 21.5. The molecule has 1 fully saturated rings. The number of benzene rings is 1. The lowest BCUT2D eigenvalue weighted by Crippen LogP contribution is -2.62. The second kappa shape index (κ2) is 10.3. The van der Waals surface area contributed by atoms with Crippen LogP contribution in [0.4, 0.5) is 30.9 Å². The number of phenols is 1. The molecule has 0 aliphatic carbocycles. The van der Waals surface area contributed by atoms with Gasteiger partial charge in [0.05, 0.1) is 53.7 Å². The van der Waals surface area contributed by atoms with Crippen molar-refractivity contribution < 1.29 is 23.4 Å². The number of pyridine rings is 1. The van der Waals surface area contributed by atoms with Gasteiger partial charge in [0.25, 0.3) is 0 Å². The van der Waals surface area contributed by atoms with Crippen LogP contribution in [-0.2, 0) is 4.74 Å². The third-order valence-electron chi connectivity index (χ3n) is 6.92. The predicted octanol–water partition coefficient (Wildman–Crippen LogP) is 3.37. The number of nitrogens with zero attached hydrogens (tertiary/aromatic N) is 6. The van der Waals surface area contributed by atoms with Gasteiger partial charge in [-0.25, -0.2) is 18.6 Å². The van der Waals surface area contributed by atoms with Gasteiger partial charge in [-0.15, -0.1) is 0 Å². The number of rotatable bonds is 5. The first-order chi connectivity index (χ1) is 18.7. The van der Waals surface area contributed by atoms with Gasteiger partial charge >= 0.3 is 6.09 Å². The monoisotopic (exact) mass is 538 g/mol. The second-order valence-electron chi connectivity index (χ2n) is 9.56. The summed E-state index contributed by atoms with van der Waals surface area (Å²) in [7, 11) is 3.02. The number of methoxy groups -OCH3 is 1. The highest BCUT2D eigenvalue weighted by Crippen LogP contribution is 2.33. The number of carbonyl (C=O) groups is 1. The van der Waals surface area contributed by atoms with Crippen LogP contribution in [0.2, 0.25) is 0 Å². The summed E-state index contributed by atoms with van der Waals surface area (Å²) in [5.41, 5.74) is 8.22. The van der Waals surface area contributed by atoms with Crippen LogP contribution in [0.5, 0.6) is 5.75 Å². The quantitative estimate of drug-likeness (QED) is 0.350. The number of hydrogen-bond acceptors (Lipinski definition) is 9. The molecule has 4 heterocycles. The van der Waals surface area contributed by atoms with Crippen LogP contribution >= 0.6 is 0 Å². The van der Waals surface area contributed by atoms with Crippen LogP contribution in [0, 0.1) is 17.6 Å². The topological polar surface area (TPSA) is 134 Å². The summed E-state index contributed by atoms with van der Waals surface area (Å²) in [6.45, 7) is 3.11. The van der Waals surface area contributed by atoms with Crippen LogP contribution in [0.15, 0.2) is 48.9 Å². The number of ether oxygens (including phenoxy) is 1. The van der Waals surface area contributed by atoms with Gasteiger partial charge in [0, 0.05) is 44.5 Å². The molecule has 5 rings (SSSR count). The van der Waals surface area contributed by atoms with E-state index in [2.05, 4.69) is 25.3 Å². The number of nitrogens with two attached hydrogens (primary N) is 1. The molecule has 11 nitrogen and oxygen atoms in total. The summed E-state index contributed by atoms with van der Waals surface area (Å²) in [6.07, 6.45) is 4.44. The number of likely N-dealkylation sites (N-methyl/N-ethyl adjacent to an activating group) is 1. The zero-order valence-corrected chi connectivity index (χ0v) is 21.5. The van der Waals surface area contributed by atoms with Gasteiger partial charge in [0.2, 0.25) is 5.95 Å². The van der Waals surface area contributed by atoms with E-state index in [9.17, 15) is 18.7 Å². The smallest absolute Gasteiger partial charge is 0.409 e. The second-order valence-corrected chi connectivity index (χ2v) is 9.56. The van der Waals surface area contributed by atoms with Gasteiger partial charge in [0.1, 0.15) is 17.4 Å². The van der Waals surface area contributed by atoms with Gasteiger partial charge in [-0.2, -0.15) is 9.61 Å². The van der Waals surface area contributed by atoms with Gasteiger partial charge in [-0.1, -0.05) is 6.92 Å². The molecule has 1 aliphatic heterocycles. The maximum atomic E-state index is 14.5. The lowest BCUT2D eigenvalue weighted by atomic mass is 9.89. The third-order valence-corrected chi connectivity index (χ3v) is 6.92. The van der Waals surface area contributed by atoms with E-state index in [-0.39, 0.29) is 29.3 Å². The summed E-state index contributed by atoms with van der Waals surface area (Å²) in [6, 6.07) is 6.08. The van der Waals surface area contributed by atoms with Crippen LogP contribution in [-0.4, -0.2) is 75.0 Å². The molecule has 0 saturated carbocycles. The van der Waals surface area contributed by atoms with Crippen molar-refractivity contribution in [1.82, 2.24) is 24.5 Å². The van der Waals surface area contributed by atoms with Crippen molar-refractivity contribution in [2.24, 2.45) is 11.7 Å². The number of aromatic hydroxyl groups is 1. The van der Waals surface area contributed by atoms with E-state index >= 15 is 0 Å². The highest BCUT2D eigenvalue weighted by atomic mass is 19.1. The number of amides is 1. The summed E-state index contributed by atoms with van der Waals surface area (Å²) < 4.78 is 35.3. The Morgan fingerprint density at radius 3 is 2.64 bits per heavy atom. The van der Waals surface area contributed by atoms with Crippen molar-refractivity contribution in [3.63, 3.8) is 0 Å². The molecular weight excluding hydrogens is 510 g/mol. The molecule has 1 amide bonds. The Labute approximate surface area is 222 Å². The van der Waals surface area contributed by atoms with Gasteiger partial charge in [0.15, 0.2) is 0 Å². The molecule has 1 aromatic carbocycles. The van der Waals surface area contributed by atoms with Crippen LogP contribution in [0.3, 0.4) is 0 Å². The first-order valence-corrected chi connectivity index (χ1v) is 12.2. The summed E-state index contributed by atoms with van der Waals surface area (Å²) >= 11 is 0. The molecule has 3 unspecified atom stereocenters. The third kappa shape index (κ3) is 4.88. The zero-order chi connectivity index (χ0) is 27.8. The van der Waals surface area contributed by atoms with Crippen molar-refractivity contribution >= 4 is 28.9 Å². The van der Waals surface area contributed by atoms with Gasteiger partial charge < -0.3 is 30.7 Å². The Kier molecular flexibility index (Phi) is 6.91. The Morgan fingerprint density at radius 1 is 1.21 bits per heavy atom. The van der Waals surface area contributed by atoms with E-state index in [1.54, 1.807) is 31.7 Å². The van der Waals surface area contributed by atoms with Gasteiger partial charge in [-0.05, 0) is 24.1 Å². The van der Waals surface area contributed by atoms with E-state index in [1.807, 2.05) is 13.0 Å². The van der Waals surface area contributed by atoms with Crippen molar-refractivity contribution in [3.8, 4) is 17.0 Å². The maximum absolute atomic E-state index is 14.5. The number of imidazole rings is 1. The van der Waals surface area contributed by atoms with Crippen molar-refractivity contribution in [3.05, 3.63) is 60.6 Å². The number of halogens is 2. The van der Waals surface area contributed by atoms with Crippen LogP contribution in [0.25, 0.3) is 16.8 Å². The maximum Gasteiger partial charge on any atom is 0.409 e. The Bertz CT molecular complexity index is 1500. The normalized spacial score (nSPS) is 19.2. The number of hydrogen-bond donors (Lipinski definition) is 3. The largest absolute Gasteiger partial charge is 0.508 e. The van der Waals surface area contributed by atoms with E-state index in [1.165, 1.54) is 22.6 Å². The fourth-order valence-electron chi connectivity index (χ4n) is 5.23. The Hall–Kier alpha value is -4.52. The first-order valence-electron chi connectivity index (χ1n) is 12.2. The van der Waals surface area contributed by atoms with Crippen LogP contribution < -0.4 is 16.0 Å². The molecular formula is C26H28F2N8O3. The minimum absolute atomic E-state index is 0.0292. The number of piperidine rings is 1. The lowest BCUT2D eigenvalue weighted by molar-refractivity contribution is 0.0906. The van der Waals surface area contributed by atoms with Crippen molar-refractivity contribution in [2.75, 3.05) is 37.5 Å². The van der Waals surface area contributed by atoms with Crippen molar-refractivity contribution in [2.45, 2.75) is 19.0 Å². The number of fused-ring (bicyclic) bond motifs is 1. The molecule has 1 aliphatic rings. The molecule has 39 heavy (non-hydrogen) atoms. The van der Waals surface area contributed by atoms with E-state index in [0.29, 0.717) is 30.2 Å². The highest BCUT2D eigenvalue weighted by molar-refractivity contribution is 5.74. The molecule has 0 radical (unpaired) electrons. The number of aromatic nitrogens is 4. The molecule has 4 aromatic rings. The van der Waals surface area contributed by atoms with E-state index in [0.717, 1.165) is 17.8 Å². The number of carbonyl (C=O) groups excluding carboxylic acids is 1. The Morgan fingerprint density at radius 2 is 1.95 bits per heavy atom. The fraction of sp³-hybridized carbons (Fsp3) is 0.308. The minimum Gasteiger partial charge on any atom is -0.508 e. The van der Waals surface area contributed by atoms with E-state index in [4.69, 9.17) is 10.5 Å². The average molecular weight is 539 g/mol. The molecule has 3 aromatic heterocycles. The molecule has 4 N–H and O–H groups in total. The summed E-state index contributed by atoms with van der Waals surface area (Å²) in [5, 5.41) is 17.1. The molecule has 1 saturated heterocycles. The molecule has 0 bridgehead atoms. The summed E-state index contributed by atoms with van der Waals surface area (Å²) in [4.78, 5) is 24.4. The van der Waals surface area contributed by atoms with Crippen LogP contribution in [0.1, 0.15) is 6.92 Å². The Balaban J connectivity index is 1.44. The summed E-state index contributed by atoms with van der Waals surface area (Å²) in [5.74, 6) is -2.05. The number of anilines is 3. The predicted molar refractivity (Wildman–Crippen MR) is 141 cm³/mol. The first kappa shape index (κ1) is 26.1. The fourth-order valence-corrected chi connectivity index (χ4v) is 5.23. The molecule has 13 heteroatoms. The average Bonchev–Trinajstić information content (AvgIpc) is 3.29. The standard InChI is InChI=1S/C26H28F2N8O3/c1-14-12-35(13-19(29)24(14)34(2)26(38)39-3)22-6-7-30-11-21(22)32-25-31-10-15-4-5-20(33-36(15)25)23-17(27)8-16(37)9-18(23)28/h4-11,14,19,24,37H,12-13,29H2,1-3H3,(H,31,32). The lowest BCUT2D eigenvalue weighted by Gasteiger charge is -2.45. The molecule has 3 atom stereocenters. The molecule has 204 valence electrons. The minimum atomic E-state index is -0.935. The van der Waals surface area contributed by atoms with E-state index < -0.39 is 23.5 Å². The molecule has 0 spiro atoms. The van der Waals surface area contributed by atoms with Crippen molar-refractivity contribution in [1.29, 1.82) is 0 Å². The van der Waals surface area contributed by atoms with Gasteiger partial charge in [-0.3, -0.25) is 4.98 Å².